The molecule has 3 aromatic rings. The molecule has 8 nitrogen and oxygen atoms in total. The number of guanidine groups is 1. The number of amides is 1. The molecule has 1 aromatic carbocycles. The lowest BCUT2D eigenvalue weighted by atomic mass is 9.81. The van der Waals surface area contributed by atoms with Gasteiger partial charge in [-0.2, -0.15) is 5.26 Å². The summed E-state index contributed by atoms with van der Waals surface area (Å²) in [6, 6.07) is 11.3. The first-order valence-corrected chi connectivity index (χ1v) is 9.73. The molecule has 10 heteroatoms. The van der Waals surface area contributed by atoms with Gasteiger partial charge in [-0.3, -0.25) is 19.7 Å². The summed E-state index contributed by atoms with van der Waals surface area (Å²) in [7, 11) is 2.92. The molecule has 2 N–H and O–H groups in total. The van der Waals surface area contributed by atoms with Gasteiger partial charge in [-0.15, -0.1) is 0 Å². The van der Waals surface area contributed by atoms with Crippen LogP contribution in [0.15, 0.2) is 60.0 Å². The molecular weight excluding hydrogens is 430 g/mol. The average molecular weight is 448 g/mol. The van der Waals surface area contributed by atoms with Gasteiger partial charge in [0.05, 0.1) is 12.7 Å². The molecule has 0 bridgehead atoms. The predicted molar refractivity (Wildman–Crippen MR) is 115 cm³/mol. The van der Waals surface area contributed by atoms with Gasteiger partial charge in [-0.05, 0) is 53.1 Å². The number of nitriles is 1. The molecule has 0 radical (unpaired) electrons. The normalized spacial score (nSPS) is 17.8. The van der Waals surface area contributed by atoms with E-state index in [0.717, 1.165) is 6.07 Å². The Labute approximate surface area is 188 Å². The number of carbonyl (C=O) groups is 1. The van der Waals surface area contributed by atoms with Crippen LogP contribution in [0.1, 0.15) is 28.8 Å². The Hall–Kier alpha value is -4.39. The molecule has 1 amide bonds. The molecule has 3 heterocycles. The number of aliphatic imine (C=N–C) groups is 1. The molecule has 0 aliphatic carbocycles. The van der Waals surface area contributed by atoms with Gasteiger partial charge in [0.1, 0.15) is 17.5 Å². The highest BCUT2D eigenvalue weighted by atomic mass is 19.3. The largest absolute Gasteiger partial charge is 0.497 e. The second kappa shape index (κ2) is 8.27. The number of hydrogen-bond donors (Lipinski definition) is 1. The van der Waals surface area contributed by atoms with E-state index in [1.54, 1.807) is 30.5 Å². The van der Waals surface area contributed by atoms with Crippen LogP contribution in [0.5, 0.6) is 5.75 Å². The Morgan fingerprint density at radius 2 is 1.94 bits per heavy atom. The smallest absolute Gasteiger partial charge is 0.280 e. The van der Waals surface area contributed by atoms with Crippen molar-refractivity contribution in [2.75, 3.05) is 14.2 Å². The Bertz CT molecular complexity index is 1320. The number of likely N-dealkylation sites (N-methyl/N-ethyl adjacent to an activating group) is 1. The van der Waals surface area contributed by atoms with E-state index in [1.807, 2.05) is 6.07 Å². The van der Waals surface area contributed by atoms with Crippen molar-refractivity contribution in [1.82, 2.24) is 14.9 Å². The topological polar surface area (TPSA) is 117 Å². The molecule has 166 valence electrons. The van der Waals surface area contributed by atoms with Gasteiger partial charge in [-0.25, -0.2) is 13.8 Å². The minimum absolute atomic E-state index is 0.0621. The zero-order chi connectivity index (χ0) is 23.8. The second-order valence-corrected chi connectivity index (χ2v) is 7.34. The van der Waals surface area contributed by atoms with Gasteiger partial charge in [0.2, 0.25) is 0 Å². The summed E-state index contributed by atoms with van der Waals surface area (Å²) in [5.74, 6) is -0.189. The Morgan fingerprint density at radius 3 is 2.58 bits per heavy atom. The number of methoxy groups -OCH3 is 1. The fourth-order valence-electron chi connectivity index (χ4n) is 3.73. The van der Waals surface area contributed by atoms with Crippen molar-refractivity contribution in [2.45, 2.75) is 12.0 Å². The van der Waals surface area contributed by atoms with Crippen molar-refractivity contribution in [3.05, 3.63) is 77.4 Å². The molecule has 1 aliphatic heterocycles. The van der Waals surface area contributed by atoms with Crippen LogP contribution in [0.25, 0.3) is 11.1 Å². The van der Waals surface area contributed by atoms with E-state index < -0.39 is 23.6 Å². The number of ether oxygens (including phenoxy) is 1. The van der Waals surface area contributed by atoms with Gasteiger partial charge in [0.15, 0.2) is 11.5 Å². The summed E-state index contributed by atoms with van der Waals surface area (Å²) in [6.45, 7) is 0. The third kappa shape index (κ3) is 3.63. The number of nitrogens with two attached hydrogens (primary N) is 1. The number of aromatic nitrogens is 2. The van der Waals surface area contributed by atoms with Crippen molar-refractivity contribution >= 4 is 11.9 Å². The van der Waals surface area contributed by atoms with E-state index in [-0.39, 0.29) is 11.5 Å². The molecular formula is C23H18F2N6O2. The summed E-state index contributed by atoms with van der Waals surface area (Å²) in [5.41, 5.74) is 5.85. The molecule has 1 unspecified atom stereocenters. The minimum Gasteiger partial charge on any atom is -0.497 e. The fourth-order valence-corrected chi connectivity index (χ4v) is 3.73. The maximum atomic E-state index is 13.5. The minimum atomic E-state index is -2.83. The van der Waals surface area contributed by atoms with Crippen LogP contribution < -0.4 is 10.5 Å². The standard InChI is InChI=1S/C23H18F2N6O2/c1-31-21(32)23(30-22(31)27,16-3-4-29-19(9-16)20(24)25)17-6-14(7-18(8-17)33-2)15-5-13(10-26)11-28-12-15/h3-9,11-12,20H,1-2H3,(H2,27,30). The Balaban J connectivity index is 2.00. The van der Waals surface area contributed by atoms with Crippen molar-refractivity contribution in [3.63, 3.8) is 0 Å². The number of hydrogen-bond acceptors (Lipinski definition) is 7. The maximum Gasteiger partial charge on any atom is 0.280 e. The zero-order valence-corrected chi connectivity index (χ0v) is 17.7. The van der Waals surface area contributed by atoms with Crippen LogP contribution in [0.2, 0.25) is 0 Å². The molecule has 1 aliphatic rings. The molecule has 0 saturated heterocycles. The lowest BCUT2D eigenvalue weighted by Crippen LogP contribution is -2.41. The quantitative estimate of drug-likeness (QED) is 0.641. The first-order valence-electron chi connectivity index (χ1n) is 9.73. The van der Waals surface area contributed by atoms with Crippen LogP contribution >= 0.6 is 0 Å². The summed E-state index contributed by atoms with van der Waals surface area (Å²) >= 11 is 0. The van der Waals surface area contributed by atoms with Gasteiger partial charge in [-0.1, -0.05) is 0 Å². The highest BCUT2D eigenvalue weighted by Gasteiger charge is 2.50. The molecule has 2 aromatic heterocycles. The molecule has 4 rings (SSSR count). The van der Waals surface area contributed by atoms with E-state index in [1.165, 1.54) is 37.5 Å². The third-order valence-corrected chi connectivity index (χ3v) is 5.42. The van der Waals surface area contributed by atoms with Crippen LogP contribution in [0, 0.1) is 11.3 Å². The Kier molecular flexibility index (Phi) is 5.47. The molecule has 0 saturated carbocycles. The van der Waals surface area contributed by atoms with Crippen LogP contribution in [-0.2, 0) is 10.3 Å². The van der Waals surface area contributed by atoms with Gasteiger partial charge >= 0.3 is 0 Å². The number of halogens is 2. The first-order chi connectivity index (χ1) is 15.8. The zero-order valence-electron chi connectivity index (χ0n) is 17.7. The van der Waals surface area contributed by atoms with Crippen molar-refractivity contribution in [2.24, 2.45) is 10.7 Å². The lowest BCUT2D eigenvalue weighted by molar-refractivity contribution is -0.129. The van der Waals surface area contributed by atoms with E-state index in [4.69, 9.17) is 10.5 Å². The molecule has 0 fully saturated rings. The number of rotatable bonds is 5. The Morgan fingerprint density at radius 1 is 1.15 bits per heavy atom. The SMILES string of the molecule is COc1cc(-c2cncc(C#N)c2)cc(C2(c3ccnc(C(F)F)c3)N=C(N)N(C)C2=O)c1. The summed E-state index contributed by atoms with van der Waals surface area (Å²) in [4.78, 5) is 26.9. The first kappa shape index (κ1) is 21.8. The summed E-state index contributed by atoms with van der Waals surface area (Å²) < 4.78 is 32.3. The number of benzene rings is 1. The monoisotopic (exact) mass is 448 g/mol. The molecule has 33 heavy (non-hydrogen) atoms. The predicted octanol–water partition coefficient (Wildman–Crippen LogP) is 2.99. The highest BCUT2D eigenvalue weighted by molar-refractivity contribution is 6.09. The van der Waals surface area contributed by atoms with Crippen molar-refractivity contribution in [3.8, 4) is 22.9 Å². The van der Waals surface area contributed by atoms with E-state index in [9.17, 15) is 18.8 Å². The molecule has 1 atom stereocenters. The van der Waals surface area contributed by atoms with Gasteiger partial charge < -0.3 is 10.5 Å². The maximum absolute atomic E-state index is 13.5. The van der Waals surface area contributed by atoms with Crippen LogP contribution in [0.3, 0.4) is 0 Å². The average Bonchev–Trinajstić information content (AvgIpc) is 3.08. The second-order valence-electron chi connectivity index (χ2n) is 7.34. The van der Waals surface area contributed by atoms with Crippen molar-refractivity contribution < 1.29 is 18.3 Å². The number of carbonyl (C=O) groups excluding carboxylic acids is 1. The third-order valence-electron chi connectivity index (χ3n) is 5.42. The van der Waals surface area contributed by atoms with E-state index in [2.05, 4.69) is 15.0 Å². The number of alkyl halides is 2. The summed E-state index contributed by atoms with van der Waals surface area (Å²) in [5, 5.41) is 9.23. The van der Waals surface area contributed by atoms with Gasteiger partial charge in [0, 0.05) is 31.2 Å². The number of nitrogens with zero attached hydrogens (tertiary/aromatic N) is 5. The van der Waals surface area contributed by atoms with Gasteiger partial charge in [0.25, 0.3) is 12.3 Å². The number of pyridine rings is 2. The molecule has 0 spiro atoms. The van der Waals surface area contributed by atoms with Crippen LogP contribution in [-0.4, -0.2) is 40.9 Å². The van der Waals surface area contributed by atoms with E-state index >= 15 is 0 Å². The van der Waals surface area contributed by atoms with Crippen molar-refractivity contribution in [1.29, 1.82) is 5.26 Å². The lowest BCUT2D eigenvalue weighted by Gasteiger charge is -2.27. The highest BCUT2D eigenvalue weighted by Crippen LogP contribution is 2.42. The van der Waals surface area contributed by atoms with E-state index in [0.29, 0.717) is 28.0 Å². The van der Waals surface area contributed by atoms with Crippen LogP contribution in [0.4, 0.5) is 8.78 Å². The summed E-state index contributed by atoms with van der Waals surface area (Å²) in [6.07, 6.45) is 1.36. The fraction of sp³-hybridized carbons (Fsp3) is 0.174.